The van der Waals surface area contributed by atoms with E-state index in [0.29, 0.717) is 42.2 Å². The Kier molecular flexibility index (Phi) is 5.21. The number of hydrogen-bond donors (Lipinski definition) is 1. The first kappa shape index (κ1) is 17.9. The smallest absolute Gasteiger partial charge is 0.311 e. The van der Waals surface area contributed by atoms with Gasteiger partial charge in [-0.1, -0.05) is 0 Å². The van der Waals surface area contributed by atoms with Crippen LogP contribution in [0.25, 0.3) is 0 Å². The summed E-state index contributed by atoms with van der Waals surface area (Å²) in [4.78, 5) is 25.9. The number of amides is 1. The summed E-state index contributed by atoms with van der Waals surface area (Å²) in [5, 5.41) is 9.41. The van der Waals surface area contributed by atoms with E-state index in [0.717, 1.165) is 0 Å². The fraction of sp³-hybridized carbons (Fsp3) is 0.529. The summed E-state index contributed by atoms with van der Waals surface area (Å²) in [6, 6.07) is 3.16. The predicted molar refractivity (Wildman–Crippen MR) is 87.0 cm³/mol. The number of carbonyl (C=O) groups is 2. The van der Waals surface area contributed by atoms with Crippen LogP contribution in [0.2, 0.25) is 0 Å². The Morgan fingerprint density at radius 2 is 1.71 bits per heavy atom. The van der Waals surface area contributed by atoms with Gasteiger partial charge in [-0.15, -0.1) is 0 Å². The number of likely N-dealkylation sites (tertiary alicyclic amines) is 1. The van der Waals surface area contributed by atoms with Gasteiger partial charge in [-0.3, -0.25) is 9.59 Å². The van der Waals surface area contributed by atoms with Gasteiger partial charge >= 0.3 is 5.97 Å². The van der Waals surface area contributed by atoms with Crippen molar-refractivity contribution in [2.24, 2.45) is 5.41 Å². The van der Waals surface area contributed by atoms with E-state index in [1.165, 1.54) is 21.3 Å². The van der Waals surface area contributed by atoms with Crippen LogP contribution in [0.3, 0.4) is 0 Å². The summed E-state index contributed by atoms with van der Waals surface area (Å²) < 4.78 is 15.8. The van der Waals surface area contributed by atoms with Gasteiger partial charge in [0, 0.05) is 18.7 Å². The van der Waals surface area contributed by atoms with E-state index in [2.05, 4.69) is 0 Å². The zero-order valence-electron chi connectivity index (χ0n) is 14.4. The van der Waals surface area contributed by atoms with Gasteiger partial charge < -0.3 is 24.2 Å². The average Bonchev–Trinajstić information content (AvgIpc) is 2.59. The highest BCUT2D eigenvalue weighted by Crippen LogP contribution is 2.39. The van der Waals surface area contributed by atoms with Crippen molar-refractivity contribution < 1.29 is 28.9 Å². The fourth-order valence-corrected chi connectivity index (χ4v) is 2.97. The normalized spacial score (nSPS) is 20.4. The standard InChI is InChI=1S/C17H23NO6/c1-17(16(20)21)6-5-7-18(10-17)15(19)11-8-12(22-2)14(24-4)13(9-11)23-3/h8-9H,5-7,10H2,1-4H3,(H,20,21). The number of ether oxygens (including phenoxy) is 3. The molecular formula is C17H23NO6. The van der Waals surface area contributed by atoms with E-state index in [-0.39, 0.29) is 12.5 Å². The van der Waals surface area contributed by atoms with Gasteiger partial charge in [0.15, 0.2) is 11.5 Å². The quantitative estimate of drug-likeness (QED) is 0.885. The van der Waals surface area contributed by atoms with Crippen LogP contribution < -0.4 is 14.2 Å². The maximum absolute atomic E-state index is 12.8. The molecular weight excluding hydrogens is 314 g/mol. The van der Waals surface area contributed by atoms with Gasteiger partial charge in [-0.05, 0) is 31.9 Å². The molecule has 2 rings (SSSR count). The molecule has 1 aliphatic rings. The molecule has 0 spiro atoms. The number of carbonyl (C=O) groups excluding carboxylic acids is 1. The van der Waals surface area contributed by atoms with Crippen LogP contribution in [-0.4, -0.2) is 56.3 Å². The Hall–Kier alpha value is -2.44. The van der Waals surface area contributed by atoms with Crippen LogP contribution in [0.15, 0.2) is 12.1 Å². The van der Waals surface area contributed by atoms with Crippen LogP contribution in [0.5, 0.6) is 17.2 Å². The minimum Gasteiger partial charge on any atom is -0.493 e. The first-order valence-corrected chi connectivity index (χ1v) is 7.69. The van der Waals surface area contributed by atoms with Crippen LogP contribution in [0.4, 0.5) is 0 Å². The number of nitrogens with zero attached hydrogens (tertiary/aromatic N) is 1. The lowest BCUT2D eigenvalue weighted by Crippen LogP contribution is -2.48. The molecule has 1 aliphatic heterocycles. The summed E-state index contributed by atoms with van der Waals surface area (Å²) in [5.41, 5.74) is -0.548. The maximum atomic E-state index is 12.8. The van der Waals surface area contributed by atoms with Crippen molar-refractivity contribution in [1.82, 2.24) is 4.90 Å². The second-order valence-electron chi connectivity index (χ2n) is 6.11. The molecule has 24 heavy (non-hydrogen) atoms. The molecule has 7 heteroatoms. The number of aliphatic carboxylic acids is 1. The highest BCUT2D eigenvalue weighted by molar-refractivity contribution is 5.96. The third-order valence-electron chi connectivity index (χ3n) is 4.41. The lowest BCUT2D eigenvalue weighted by Gasteiger charge is -2.37. The summed E-state index contributed by atoms with van der Waals surface area (Å²) >= 11 is 0. The number of carboxylic acid groups (broad SMARTS) is 1. The van der Waals surface area contributed by atoms with E-state index >= 15 is 0 Å². The topological polar surface area (TPSA) is 85.3 Å². The molecule has 1 saturated heterocycles. The molecule has 0 radical (unpaired) electrons. The Morgan fingerprint density at radius 1 is 1.12 bits per heavy atom. The number of rotatable bonds is 5. The Bertz CT molecular complexity index is 619. The molecule has 1 unspecified atom stereocenters. The fourth-order valence-electron chi connectivity index (χ4n) is 2.97. The molecule has 132 valence electrons. The van der Waals surface area contributed by atoms with Gasteiger partial charge in [0.1, 0.15) is 0 Å². The summed E-state index contributed by atoms with van der Waals surface area (Å²) in [6.07, 6.45) is 1.21. The largest absolute Gasteiger partial charge is 0.493 e. The van der Waals surface area contributed by atoms with Crippen molar-refractivity contribution in [1.29, 1.82) is 0 Å². The van der Waals surface area contributed by atoms with E-state index in [1.54, 1.807) is 24.0 Å². The van der Waals surface area contributed by atoms with Crippen LogP contribution in [0, 0.1) is 5.41 Å². The Labute approximate surface area is 141 Å². The monoisotopic (exact) mass is 337 g/mol. The Balaban J connectivity index is 2.34. The molecule has 1 amide bonds. The zero-order chi connectivity index (χ0) is 17.9. The third kappa shape index (κ3) is 3.25. The lowest BCUT2D eigenvalue weighted by atomic mass is 9.82. The zero-order valence-corrected chi connectivity index (χ0v) is 14.4. The molecule has 1 fully saturated rings. The third-order valence-corrected chi connectivity index (χ3v) is 4.41. The number of methoxy groups -OCH3 is 3. The maximum Gasteiger partial charge on any atom is 0.311 e. The van der Waals surface area contributed by atoms with Crippen molar-refractivity contribution in [3.8, 4) is 17.2 Å². The number of piperidine rings is 1. The van der Waals surface area contributed by atoms with Gasteiger partial charge in [0.05, 0.1) is 26.7 Å². The van der Waals surface area contributed by atoms with Gasteiger partial charge in [-0.25, -0.2) is 0 Å². The molecule has 0 aliphatic carbocycles. The van der Waals surface area contributed by atoms with Crippen LogP contribution in [-0.2, 0) is 4.79 Å². The Morgan fingerprint density at radius 3 is 2.17 bits per heavy atom. The molecule has 1 heterocycles. The van der Waals surface area contributed by atoms with Gasteiger partial charge in [-0.2, -0.15) is 0 Å². The molecule has 0 saturated carbocycles. The van der Waals surface area contributed by atoms with Crippen molar-refractivity contribution in [3.05, 3.63) is 17.7 Å². The molecule has 0 bridgehead atoms. The first-order valence-electron chi connectivity index (χ1n) is 7.69. The van der Waals surface area contributed by atoms with E-state index in [1.807, 2.05) is 0 Å². The molecule has 7 nitrogen and oxygen atoms in total. The first-order chi connectivity index (χ1) is 11.4. The van der Waals surface area contributed by atoms with Crippen LogP contribution in [0.1, 0.15) is 30.1 Å². The second kappa shape index (κ2) is 6.98. The molecule has 1 atom stereocenters. The van der Waals surface area contributed by atoms with Crippen molar-refractivity contribution in [2.45, 2.75) is 19.8 Å². The molecule has 1 aromatic carbocycles. The SMILES string of the molecule is COc1cc(C(=O)N2CCCC(C)(C(=O)O)C2)cc(OC)c1OC. The van der Waals surface area contributed by atoms with Gasteiger partial charge in [0.25, 0.3) is 5.91 Å². The minimum absolute atomic E-state index is 0.178. The van der Waals surface area contributed by atoms with Gasteiger partial charge in [0.2, 0.25) is 5.75 Å². The van der Waals surface area contributed by atoms with Crippen molar-refractivity contribution in [3.63, 3.8) is 0 Å². The van der Waals surface area contributed by atoms with Crippen molar-refractivity contribution in [2.75, 3.05) is 34.4 Å². The average molecular weight is 337 g/mol. The predicted octanol–water partition coefficient (Wildman–Crippen LogP) is 2.04. The summed E-state index contributed by atoms with van der Waals surface area (Å²) in [6.45, 7) is 2.38. The molecule has 0 aromatic heterocycles. The molecule has 1 aromatic rings. The number of benzene rings is 1. The highest BCUT2D eigenvalue weighted by Gasteiger charge is 2.39. The lowest BCUT2D eigenvalue weighted by molar-refractivity contribution is -0.150. The summed E-state index contributed by atoms with van der Waals surface area (Å²) in [5.74, 6) is 0.0494. The highest BCUT2D eigenvalue weighted by atomic mass is 16.5. The number of carboxylic acids is 1. The molecule has 1 N–H and O–H groups in total. The van der Waals surface area contributed by atoms with E-state index in [9.17, 15) is 14.7 Å². The summed E-state index contributed by atoms with van der Waals surface area (Å²) in [7, 11) is 4.45. The minimum atomic E-state index is -0.922. The number of hydrogen-bond acceptors (Lipinski definition) is 5. The van der Waals surface area contributed by atoms with Crippen molar-refractivity contribution >= 4 is 11.9 Å². The van der Waals surface area contributed by atoms with E-state index in [4.69, 9.17) is 14.2 Å². The van der Waals surface area contributed by atoms with Crippen LogP contribution >= 0.6 is 0 Å². The second-order valence-corrected chi connectivity index (χ2v) is 6.11. The van der Waals surface area contributed by atoms with E-state index < -0.39 is 11.4 Å².